The summed E-state index contributed by atoms with van der Waals surface area (Å²) in [6.45, 7) is 11.3. The summed E-state index contributed by atoms with van der Waals surface area (Å²) < 4.78 is 5.11. The van der Waals surface area contributed by atoms with Crippen molar-refractivity contribution in [3.63, 3.8) is 0 Å². The van der Waals surface area contributed by atoms with Crippen LogP contribution in [-0.2, 0) is 9.53 Å². The van der Waals surface area contributed by atoms with Crippen molar-refractivity contribution in [2.75, 3.05) is 13.2 Å². The second-order valence-electron chi connectivity index (χ2n) is 6.20. The van der Waals surface area contributed by atoms with Crippen LogP contribution in [0.5, 0.6) is 0 Å². The van der Waals surface area contributed by atoms with Gasteiger partial charge in [0.2, 0.25) is 5.91 Å². The monoisotopic (exact) mass is 242 g/mol. The van der Waals surface area contributed by atoms with Crippen molar-refractivity contribution in [3.05, 3.63) is 0 Å². The van der Waals surface area contributed by atoms with Gasteiger partial charge < -0.3 is 15.4 Å². The number of piperidine rings is 1. The summed E-state index contributed by atoms with van der Waals surface area (Å²) in [6.07, 6.45) is 1.91. The molecule has 1 amide bonds. The Balaban J connectivity index is 2.51. The van der Waals surface area contributed by atoms with Crippen molar-refractivity contribution >= 4 is 5.91 Å². The van der Waals surface area contributed by atoms with E-state index in [1.165, 1.54) is 0 Å². The molecule has 0 aromatic rings. The van der Waals surface area contributed by atoms with Crippen molar-refractivity contribution in [2.24, 2.45) is 0 Å². The maximum Gasteiger partial charge on any atom is 0.246 e. The second kappa shape index (κ2) is 5.36. The number of hydrogen-bond donors (Lipinski definition) is 2. The molecule has 1 rings (SSSR count). The van der Waals surface area contributed by atoms with E-state index in [2.05, 4.69) is 38.3 Å². The fraction of sp³-hybridized carbons (Fsp3) is 0.923. The van der Waals surface area contributed by atoms with E-state index in [1.807, 2.05) is 6.92 Å². The van der Waals surface area contributed by atoms with Gasteiger partial charge in [-0.05, 0) is 47.5 Å². The molecule has 0 aliphatic carbocycles. The second-order valence-corrected chi connectivity index (χ2v) is 6.20. The summed E-state index contributed by atoms with van der Waals surface area (Å²) in [7, 11) is 0. The third-order valence-corrected chi connectivity index (χ3v) is 2.99. The van der Waals surface area contributed by atoms with E-state index in [9.17, 15) is 4.79 Å². The minimum atomic E-state index is -0.00894. The summed E-state index contributed by atoms with van der Waals surface area (Å²) in [6, 6.07) is 0.231. The molecule has 0 unspecified atom stereocenters. The summed E-state index contributed by atoms with van der Waals surface area (Å²) in [5, 5.41) is 6.66. The highest BCUT2D eigenvalue weighted by Gasteiger charge is 2.37. The molecule has 0 aromatic carbocycles. The average molecular weight is 242 g/mol. The fourth-order valence-corrected chi connectivity index (χ4v) is 2.89. The van der Waals surface area contributed by atoms with Crippen molar-refractivity contribution in [1.29, 1.82) is 0 Å². The van der Waals surface area contributed by atoms with Gasteiger partial charge in [0.1, 0.15) is 6.61 Å². The summed E-state index contributed by atoms with van der Waals surface area (Å²) in [5.41, 5.74) is 0.122. The van der Waals surface area contributed by atoms with Crippen LogP contribution in [0.4, 0.5) is 0 Å². The van der Waals surface area contributed by atoms with Crippen molar-refractivity contribution in [1.82, 2.24) is 10.6 Å². The lowest BCUT2D eigenvalue weighted by molar-refractivity contribution is -0.126. The van der Waals surface area contributed by atoms with Gasteiger partial charge >= 0.3 is 0 Å². The molecule has 4 heteroatoms. The van der Waals surface area contributed by atoms with Crippen LogP contribution in [0.2, 0.25) is 0 Å². The molecule has 0 aromatic heterocycles. The van der Waals surface area contributed by atoms with E-state index in [-0.39, 0.29) is 29.6 Å². The Kier molecular flexibility index (Phi) is 4.55. The summed E-state index contributed by atoms with van der Waals surface area (Å²) >= 11 is 0. The van der Waals surface area contributed by atoms with Gasteiger partial charge in [0.05, 0.1) is 0 Å². The molecule has 1 aliphatic rings. The van der Waals surface area contributed by atoms with E-state index in [0.29, 0.717) is 6.61 Å². The van der Waals surface area contributed by atoms with Crippen LogP contribution in [0.15, 0.2) is 0 Å². The van der Waals surface area contributed by atoms with Gasteiger partial charge in [0.25, 0.3) is 0 Å². The van der Waals surface area contributed by atoms with Crippen LogP contribution in [0, 0.1) is 0 Å². The smallest absolute Gasteiger partial charge is 0.246 e. The molecule has 4 nitrogen and oxygen atoms in total. The van der Waals surface area contributed by atoms with Gasteiger partial charge in [-0.2, -0.15) is 0 Å². The van der Waals surface area contributed by atoms with Gasteiger partial charge in [0, 0.05) is 23.7 Å². The van der Waals surface area contributed by atoms with E-state index in [0.717, 1.165) is 12.8 Å². The number of hydrogen-bond acceptors (Lipinski definition) is 3. The predicted octanol–water partition coefficient (Wildman–Crippen LogP) is 1.45. The third kappa shape index (κ3) is 5.04. The average Bonchev–Trinajstić information content (AvgIpc) is 2.09. The Morgan fingerprint density at radius 1 is 1.29 bits per heavy atom. The third-order valence-electron chi connectivity index (χ3n) is 2.99. The Morgan fingerprint density at radius 2 is 1.82 bits per heavy atom. The lowest BCUT2D eigenvalue weighted by atomic mass is 9.79. The molecule has 1 aliphatic heterocycles. The standard InChI is InChI=1S/C13H26N2O2/c1-6-17-9-11(16)14-10-7-12(2,3)15-13(4,5)8-10/h10,15H,6-9H2,1-5H3,(H,14,16). The highest BCUT2D eigenvalue weighted by molar-refractivity contribution is 5.77. The van der Waals surface area contributed by atoms with E-state index < -0.39 is 0 Å². The first-order chi connectivity index (χ1) is 7.74. The molecule has 0 atom stereocenters. The molecular formula is C13H26N2O2. The SMILES string of the molecule is CCOCC(=O)NC1CC(C)(C)NC(C)(C)C1. The lowest BCUT2D eigenvalue weighted by Gasteiger charge is -2.46. The molecule has 100 valence electrons. The Labute approximate surface area is 104 Å². The summed E-state index contributed by atoms with van der Waals surface area (Å²) in [5.74, 6) is -0.00894. The Morgan fingerprint density at radius 3 is 2.29 bits per heavy atom. The highest BCUT2D eigenvalue weighted by Crippen LogP contribution is 2.28. The zero-order chi connectivity index (χ0) is 13.1. The summed E-state index contributed by atoms with van der Waals surface area (Å²) in [4.78, 5) is 11.6. The number of amides is 1. The topological polar surface area (TPSA) is 50.4 Å². The van der Waals surface area contributed by atoms with E-state index >= 15 is 0 Å². The van der Waals surface area contributed by atoms with Crippen LogP contribution in [-0.4, -0.2) is 36.2 Å². The largest absolute Gasteiger partial charge is 0.372 e. The van der Waals surface area contributed by atoms with Gasteiger partial charge in [-0.15, -0.1) is 0 Å². The predicted molar refractivity (Wildman–Crippen MR) is 69.0 cm³/mol. The number of rotatable bonds is 4. The molecule has 2 N–H and O–H groups in total. The van der Waals surface area contributed by atoms with Gasteiger partial charge in [-0.3, -0.25) is 4.79 Å². The Hall–Kier alpha value is -0.610. The molecule has 1 saturated heterocycles. The molecular weight excluding hydrogens is 216 g/mol. The van der Waals surface area contributed by atoms with Crippen molar-refractivity contribution < 1.29 is 9.53 Å². The minimum Gasteiger partial charge on any atom is -0.372 e. The Bertz CT molecular complexity index is 259. The quantitative estimate of drug-likeness (QED) is 0.784. The lowest BCUT2D eigenvalue weighted by Crippen LogP contribution is -2.62. The number of carbonyl (C=O) groups is 1. The van der Waals surface area contributed by atoms with Crippen LogP contribution >= 0.6 is 0 Å². The molecule has 0 radical (unpaired) electrons. The minimum absolute atomic E-state index is 0.00894. The van der Waals surface area contributed by atoms with Crippen molar-refractivity contribution in [3.8, 4) is 0 Å². The molecule has 0 bridgehead atoms. The van der Waals surface area contributed by atoms with Crippen molar-refractivity contribution in [2.45, 2.75) is 64.6 Å². The zero-order valence-corrected chi connectivity index (χ0v) is 11.7. The molecule has 1 fully saturated rings. The van der Waals surface area contributed by atoms with Crippen LogP contribution in [0.25, 0.3) is 0 Å². The number of carbonyl (C=O) groups excluding carboxylic acids is 1. The molecule has 0 saturated carbocycles. The number of nitrogens with one attached hydrogen (secondary N) is 2. The van der Waals surface area contributed by atoms with E-state index in [4.69, 9.17) is 4.74 Å². The van der Waals surface area contributed by atoms with Crippen LogP contribution in [0.1, 0.15) is 47.5 Å². The normalized spacial score (nSPS) is 23.4. The number of ether oxygens (including phenoxy) is 1. The van der Waals surface area contributed by atoms with Gasteiger partial charge in [-0.1, -0.05) is 0 Å². The van der Waals surface area contributed by atoms with Gasteiger partial charge in [-0.25, -0.2) is 0 Å². The first-order valence-corrected chi connectivity index (χ1v) is 6.40. The first kappa shape index (κ1) is 14.5. The van der Waals surface area contributed by atoms with E-state index in [1.54, 1.807) is 0 Å². The van der Waals surface area contributed by atoms with Crippen LogP contribution < -0.4 is 10.6 Å². The maximum atomic E-state index is 11.6. The molecule has 1 heterocycles. The first-order valence-electron chi connectivity index (χ1n) is 6.40. The fourth-order valence-electron chi connectivity index (χ4n) is 2.89. The van der Waals surface area contributed by atoms with Crippen LogP contribution in [0.3, 0.4) is 0 Å². The van der Waals surface area contributed by atoms with Gasteiger partial charge in [0.15, 0.2) is 0 Å². The maximum absolute atomic E-state index is 11.6. The zero-order valence-electron chi connectivity index (χ0n) is 11.7. The molecule has 17 heavy (non-hydrogen) atoms. The highest BCUT2D eigenvalue weighted by atomic mass is 16.5. The molecule has 0 spiro atoms.